The van der Waals surface area contributed by atoms with Gasteiger partial charge in [-0.3, -0.25) is 0 Å². The first-order valence-corrected chi connectivity index (χ1v) is 6.43. The molecule has 2 rings (SSSR count). The van der Waals surface area contributed by atoms with Crippen molar-refractivity contribution >= 4 is 0 Å². The lowest BCUT2D eigenvalue weighted by Gasteiger charge is -2.12. The second kappa shape index (κ2) is 5.84. The summed E-state index contributed by atoms with van der Waals surface area (Å²) in [5.74, 6) is 1.30. The molecule has 0 saturated carbocycles. The molecule has 0 amide bonds. The Kier molecular flexibility index (Phi) is 4.16. The maximum absolute atomic E-state index is 5.77. The quantitative estimate of drug-likeness (QED) is 0.893. The van der Waals surface area contributed by atoms with Crippen LogP contribution in [0.25, 0.3) is 11.3 Å². The highest BCUT2D eigenvalue weighted by Crippen LogP contribution is 2.31. The summed E-state index contributed by atoms with van der Waals surface area (Å²) < 4.78 is 7.33. The molecule has 19 heavy (non-hydrogen) atoms. The van der Waals surface area contributed by atoms with E-state index in [0.29, 0.717) is 12.5 Å². The number of nitrogens with zero attached hydrogens (tertiary/aromatic N) is 3. The van der Waals surface area contributed by atoms with Crippen molar-refractivity contribution in [2.75, 3.05) is 7.11 Å². The van der Waals surface area contributed by atoms with Gasteiger partial charge in [0.1, 0.15) is 11.4 Å². The van der Waals surface area contributed by atoms with Crippen LogP contribution >= 0.6 is 0 Å². The summed E-state index contributed by atoms with van der Waals surface area (Å²) in [6, 6.07) is 7.86. The van der Waals surface area contributed by atoms with Gasteiger partial charge in [0.05, 0.1) is 12.8 Å². The minimum Gasteiger partial charge on any atom is -0.496 e. The van der Waals surface area contributed by atoms with Gasteiger partial charge in [0.25, 0.3) is 0 Å². The molecule has 102 valence electrons. The van der Waals surface area contributed by atoms with Crippen molar-refractivity contribution in [3.63, 3.8) is 0 Å². The van der Waals surface area contributed by atoms with Crippen LogP contribution in [0.4, 0.5) is 0 Å². The number of ether oxygens (including phenoxy) is 1. The molecule has 0 fully saturated rings. The average molecular weight is 260 g/mol. The Morgan fingerprint density at radius 3 is 2.68 bits per heavy atom. The van der Waals surface area contributed by atoms with Crippen molar-refractivity contribution in [2.45, 2.75) is 26.9 Å². The molecule has 0 aliphatic carbocycles. The second-order valence-electron chi connectivity index (χ2n) is 4.87. The molecule has 0 aliphatic rings. The number of nitrogens with two attached hydrogens (primary N) is 1. The number of hydrogen-bond donors (Lipinski definition) is 1. The molecule has 0 bridgehead atoms. The molecule has 1 aromatic carbocycles. The fraction of sp³-hybridized carbons (Fsp3) is 0.429. The van der Waals surface area contributed by atoms with Crippen molar-refractivity contribution < 1.29 is 4.74 Å². The summed E-state index contributed by atoms with van der Waals surface area (Å²) in [6.45, 7) is 5.47. The zero-order chi connectivity index (χ0) is 13.8. The van der Waals surface area contributed by atoms with Gasteiger partial charge in [-0.1, -0.05) is 31.2 Å². The summed E-state index contributed by atoms with van der Waals surface area (Å²) in [4.78, 5) is 0. The minimum absolute atomic E-state index is 0.367. The number of rotatable bonds is 5. The second-order valence-corrected chi connectivity index (χ2v) is 4.87. The van der Waals surface area contributed by atoms with Gasteiger partial charge in [-0.2, -0.15) is 0 Å². The first-order chi connectivity index (χ1) is 9.17. The monoisotopic (exact) mass is 260 g/mol. The molecule has 0 unspecified atom stereocenters. The zero-order valence-electron chi connectivity index (χ0n) is 11.6. The largest absolute Gasteiger partial charge is 0.496 e. The van der Waals surface area contributed by atoms with E-state index in [2.05, 4.69) is 24.2 Å². The van der Waals surface area contributed by atoms with Gasteiger partial charge in [0.15, 0.2) is 0 Å². The molecular weight excluding hydrogens is 240 g/mol. The van der Waals surface area contributed by atoms with Crippen LogP contribution in [0.5, 0.6) is 5.75 Å². The van der Waals surface area contributed by atoms with Crippen LogP contribution in [0.3, 0.4) is 0 Å². The molecule has 0 spiro atoms. The Bertz CT molecular complexity index is 548. The molecule has 0 atom stereocenters. The van der Waals surface area contributed by atoms with E-state index >= 15 is 0 Å². The topological polar surface area (TPSA) is 66.0 Å². The predicted molar refractivity (Wildman–Crippen MR) is 74.7 cm³/mol. The number of benzene rings is 1. The van der Waals surface area contributed by atoms with Gasteiger partial charge in [-0.15, -0.1) is 5.10 Å². The first kappa shape index (κ1) is 13.5. The van der Waals surface area contributed by atoms with Gasteiger partial charge in [0.2, 0.25) is 0 Å². The fourth-order valence-corrected chi connectivity index (χ4v) is 2.09. The SMILES string of the molecule is COc1ccccc1-c1c(CN)nnn1CC(C)C. The standard InChI is InChI=1S/C14H20N4O/c1-10(2)9-18-14(12(8-15)16-17-18)11-6-4-5-7-13(11)19-3/h4-7,10H,8-9,15H2,1-3H3. The van der Waals surface area contributed by atoms with E-state index in [4.69, 9.17) is 10.5 Å². The normalized spacial score (nSPS) is 11.0. The molecule has 5 heteroatoms. The molecule has 2 aromatic rings. The van der Waals surface area contributed by atoms with Crippen molar-refractivity contribution in [1.29, 1.82) is 0 Å². The highest BCUT2D eigenvalue weighted by molar-refractivity contribution is 5.69. The number of aromatic nitrogens is 3. The van der Waals surface area contributed by atoms with Crippen LogP contribution in [-0.4, -0.2) is 22.1 Å². The molecule has 2 N–H and O–H groups in total. The van der Waals surface area contributed by atoms with E-state index in [1.165, 1.54) is 0 Å². The van der Waals surface area contributed by atoms with Crippen molar-refractivity contribution in [3.8, 4) is 17.0 Å². The van der Waals surface area contributed by atoms with Crippen LogP contribution < -0.4 is 10.5 Å². The Morgan fingerprint density at radius 1 is 1.32 bits per heavy atom. The van der Waals surface area contributed by atoms with Crippen LogP contribution in [0.2, 0.25) is 0 Å². The summed E-state index contributed by atoms with van der Waals surface area (Å²) >= 11 is 0. The third-order valence-corrected chi connectivity index (χ3v) is 2.90. The van der Waals surface area contributed by atoms with E-state index < -0.39 is 0 Å². The third-order valence-electron chi connectivity index (χ3n) is 2.90. The van der Waals surface area contributed by atoms with E-state index in [-0.39, 0.29) is 0 Å². The predicted octanol–water partition coefficient (Wildman–Crippen LogP) is 2.07. The maximum Gasteiger partial charge on any atom is 0.128 e. The lowest BCUT2D eigenvalue weighted by atomic mass is 10.1. The molecule has 5 nitrogen and oxygen atoms in total. The Balaban J connectivity index is 2.55. The molecule has 1 heterocycles. The lowest BCUT2D eigenvalue weighted by Crippen LogP contribution is -2.09. The summed E-state index contributed by atoms with van der Waals surface area (Å²) in [5.41, 5.74) is 8.50. The zero-order valence-corrected chi connectivity index (χ0v) is 11.6. The van der Waals surface area contributed by atoms with E-state index in [9.17, 15) is 0 Å². The third kappa shape index (κ3) is 2.76. The molecular formula is C14H20N4O. The molecule has 0 radical (unpaired) electrons. The van der Waals surface area contributed by atoms with Crippen molar-refractivity contribution in [1.82, 2.24) is 15.0 Å². The molecule has 0 aliphatic heterocycles. The Morgan fingerprint density at radius 2 is 2.05 bits per heavy atom. The number of methoxy groups -OCH3 is 1. The van der Waals surface area contributed by atoms with E-state index in [1.807, 2.05) is 28.9 Å². The summed E-state index contributed by atoms with van der Waals surface area (Å²) in [7, 11) is 1.66. The molecule has 0 saturated heterocycles. The summed E-state index contributed by atoms with van der Waals surface area (Å²) in [5, 5.41) is 8.38. The maximum atomic E-state index is 5.77. The van der Waals surface area contributed by atoms with Crippen LogP contribution in [-0.2, 0) is 13.1 Å². The Labute approximate surface area is 113 Å². The smallest absolute Gasteiger partial charge is 0.128 e. The van der Waals surface area contributed by atoms with Crippen LogP contribution in [0.1, 0.15) is 19.5 Å². The first-order valence-electron chi connectivity index (χ1n) is 6.43. The van der Waals surface area contributed by atoms with E-state index in [0.717, 1.165) is 29.2 Å². The number of hydrogen-bond acceptors (Lipinski definition) is 4. The van der Waals surface area contributed by atoms with Crippen LogP contribution in [0.15, 0.2) is 24.3 Å². The van der Waals surface area contributed by atoms with Crippen molar-refractivity contribution in [3.05, 3.63) is 30.0 Å². The van der Waals surface area contributed by atoms with Gasteiger partial charge < -0.3 is 10.5 Å². The van der Waals surface area contributed by atoms with Crippen LogP contribution in [0, 0.1) is 5.92 Å². The van der Waals surface area contributed by atoms with E-state index in [1.54, 1.807) is 7.11 Å². The average Bonchev–Trinajstić information content (AvgIpc) is 2.80. The minimum atomic E-state index is 0.367. The van der Waals surface area contributed by atoms with Gasteiger partial charge in [-0.05, 0) is 18.1 Å². The van der Waals surface area contributed by atoms with Gasteiger partial charge in [0, 0.05) is 18.7 Å². The highest BCUT2D eigenvalue weighted by atomic mass is 16.5. The van der Waals surface area contributed by atoms with Gasteiger partial charge in [-0.25, -0.2) is 4.68 Å². The fourth-order valence-electron chi connectivity index (χ4n) is 2.09. The van der Waals surface area contributed by atoms with Gasteiger partial charge >= 0.3 is 0 Å². The lowest BCUT2D eigenvalue weighted by molar-refractivity contribution is 0.415. The van der Waals surface area contributed by atoms with Crippen molar-refractivity contribution in [2.24, 2.45) is 11.7 Å². The Hall–Kier alpha value is -1.88. The summed E-state index contributed by atoms with van der Waals surface area (Å²) in [6.07, 6.45) is 0. The molecule has 1 aromatic heterocycles. The number of para-hydroxylation sites is 1. The highest BCUT2D eigenvalue weighted by Gasteiger charge is 2.17.